The third-order valence-corrected chi connectivity index (χ3v) is 5.40. The largest absolute Gasteiger partial charge is 0.497 e. The van der Waals surface area contributed by atoms with Crippen molar-refractivity contribution in [3.05, 3.63) is 36.7 Å². The number of hydrogen-bond acceptors (Lipinski definition) is 7. The van der Waals surface area contributed by atoms with Crippen LogP contribution in [0, 0.1) is 5.92 Å². The van der Waals surface area contributed by atoms with E-state index >= 15 is 0 Å². The molecule has 1 aromatic carbocycles. The molecule has 2 fully saturated rings. The summed E-state index contributed by atoms with van der Waals surface area (Å²) in [5.74, 6) is 1.06. The summed E-state index contributed by atoms with van der Waals surface area (Å²) < 4.78 is 16.1. The Bertz CT molecular complexity index is 920. The van der Waals surface area contributed by atoms with Crippen molar-refractivity contribution >= 4 is 17.5 Å². The third-order valence-electron chi connectivity index (χ3n) is 5.40. The van der Waals surface area contributed by atoms with Gasteiger partial charge in [0.25, 0.3) is 0 Å². The number of aromatic nitrogens is 2. The molecule has 2 atom stereocenters. The van der Waals surface area contributed by atoms with Gasteiger partial charge in [-0.1, -0.05) is 0 Å². The lowest BCUT2D eigenvalue weighted by molar-refractivity contribution is -0.135. The van der Waals surface area contributed by atoms with Gasteiger partial charge in [0.15, 0.2) is 0 Å². The molecule has 1 aromatic heterocycles. The van der Waals surface area contributed by atoms with E-state index in [1.807, 2.05) is 24.3 Å². The second-order valence-corrected chi connectivity index (χ2v) is 7.32. The van der Waals surface area contributed by atoms with Crippen molar-refractivity contribution in [2.45, 2.75) is 18.9 Å². The molecule has 0 saturated carbocycles. The molecule has 0 radical (unpaired) electrons. The molecule has 2 aromatic rings. The number of benzene rings is 1. The molecule has 0 aliphatic carbocycles. The Morgan fingerprint density at radius 3 is 2.57 bits per heavy atom. The highest BCUT2D eigenvalue weighted by Crippen LogP contribution is 2.29. The zero-order valence-corrected chi connectivity index (χ0v) is 17.0. The average molecular weight is 412 g/mol. The van der Waals surface area contributed by atoms with Crippen LogP contribution in [0.25, 0.3) is 0 Å². The van der Waals surface area contributed by atoms with E-state index in [0.717, 1.165) is 11.4 Å². The molecule has 2 saturated heterocycles. The fraction of sp³-hybridized carbons (Fsp3) is 0.429. The predicted octanol–water partition coefficient (Wildman–Crippen LogP) is 1.53. The summed E-state index contributed by atoms with van der Waals surface area (Å²) in [4.78, 5) is 37.1. The van der Waals surface area contributed by atoms with Gasteiger partial charge in [-0.3, -0.25) is 14.6 Å². The van der Waals surface area contributed by atoms with Gasteiger partial charge in [-0.25, -0.2) is 0 Å². The molecule has 30 heavy (non-hydrogen) atoms. The Hall–Kier alpha value is -3.36. The number of methoxy groups -OCH3 is 2. The van der Waals surface area contributed by atoms with Crippen molar-refractivity contribution in [1.29, 1.82) is 0 Å². The van der Waals surface area contributed by atoms with Crippen molar-refractivity contribution in [2.24, 2.45) is 5.92 Å². The Balaban J connectivity index is 1.35. The van der Waals surface area contributed by atoms with Crippen LogP contribution in [-0.4, -0.2) is 66.6 Å². The molecule has 4 rings (SSSR count). The molecule has 9 nitrogen and oxygen atoms in total. The van der Waals surface area contributed by atoms with E-state index < -0.39 is 0 Å². The van der Waals surface area contributed by atoms with Crippen molar-refractivity contribution in [3.63, 3.8) is 0 Å². The fourth-order valence-electron chi connectivity index (χ4n) is 3.82. The molecule has 0 N–H and O–H groups in total. The van der Waals surface area contributed by atoms with Gasteiger partial charge in [-0.15, -0.1) is 0 Å². The van der Waals surface area contributed by atoms with Gasteiger partial charge in [0, 0.05) is 31.6 Å². The molecule has 2 amide bonds. The molecular formula is C21H24N4O5. The maximum Gasteiger partial charge on any atom is 0.235 e. The SMILES string of the molecule is COc1ccc(N2CC(C(=O)N3CCC(Oc4cncc(OC)n4)C3)CC2=O)cc1. The lowest BCUT2D eigenvalue weighted by atomic mass is 10.1. The first-order valence-corrected chi connectivity index (χ1v) is 9.83. The van der Waals surface area contributed by atoms with Crippen LogP contribution in [0.15, 0.2) is 36.7 Å². The number of rotatable bonds is 6. The summed E-state index contributed by atoms with van der Waals surface area (Å²) in [6, 6.07) is 7.28. The zero-order chi connectivity index (χ0) is 21.1. The predicted molar refractivity (Wildman–Crippen MR) is 108 cm³/mol. The Morgan fingerprint density at radius 2 is 1.83 bits per heavy atom. The van der Waals surface area contributed by atoms with Crippen molar-refractivity contribution in [1.82, 2.24) is 14.9 Å². The minimum Gasteiger partial charge on any atom is -0.497 e. The highest BCUT2D eigenvalue weighted by molar-refractivity contribution is 6.00. The van der Waals surface area contributed by atoms with Crippen LogP contribution in [0.4, 0.5) is 5.69 Å². The summed E-state index contributed by atoms with van der Waals surface area (Å²) in [6.07, 6.45) is 3.78. The molecule has 0 bridgehead atoms. The van der Waals surface area contributed by atoms with Gasteiger partial charge in [-0.2, -0.15) is 4.98 Å². The standard InChI is InChI=1S/C21H24N4O5/c1-28-16-5-3-15(4-6-16)25-12-14(9-20(25)26)21(27)24-8-7-17(13-24)30-19-11-22-10-18(23-19)29-2/h3-6,10-11,14,17H,7-9,12-13H2,1-2H3. The van der Waals surface area contributed by atoms with E-state index in [1.165, 1.54) is 19.5 Å². The number of hydrogen-bond donors (Lipinski definition) is 0. The minimum atomic E-state index is -0.352. The van der Waals surface area contributed by atoms with Gasteiger partial charge >= 0.3 is 0 Å². The summed E-state index contributed by atoms with van der Waals surface area (Å²) in [6.45, 7) is 1.44. The number of likely N-dealkylation sites (tertiary alicyclic amines) is 1. The van der Waals surface area contributed by atoms with Crippen LogP contribution in [0.5, 0.6) is 17.5 Å². The van der Waals surface area contributed by atoms with E-state index in [9.17, 15) is 9.59 Å². The normalized spacial score (nSPS) is 21.1. The molecule has 2 aliphatic heterocycles. The lowest BCUT2D eigenvalue weighted by Crippen LogP contribution is -2.37. The molecule has 2 aliphatic rings. The topological polar surface area (TPSA) is 94.1 Å². The van der Waals surface area contributed by atoms with Gasteiger partial charge < -0.3 is 24.0 Å². The first kappa shape index (κ1) is 19.9. The molecule has 9 heteroatoms. The molecule has 2 unspecified atom stereocenters. The van der Waals surface area contributed by atoms with Crippen LogP contribution in [0.3, 0.4) is 0 Å². The fourth-order valence-corrected chi connectivity index (χ4v) is 3.82. The summed E-state index contributed by atoms with van der Waals surface area (Å²) in [7, 11) is 3.11. The first-order chi connectivity index (χ1) is 14.6. The summed E-state index contributed by atoms with van der Waals surface area (Å²) in [5, 5.41) is 0. The Kier molecular flexibility index (Phi) is 5.69. The average Bonchev–Trinajstić information content (AvgIpc) is 3.40. The van der Waals surface area contributed by atoms with E-state index in [0.29, 0.717) is 37.8 Å². The third kappa shape index (κ3) is 4.14. The quantitative estimate of drug-likeness (QED) is 0.710. The highest BCUT2D eigenvalue weighted by atomic mass is 16.5. The van der Waals surface area contributed by atoms with Gasteiger partial charge in [0.2, 0.25) is 23.6 Å². The van der Waals surface area contributed by atoms with E-state index in [-0.39, 0.29) is 30.3 Å². The second kappa shape index (κ2) is 8.56. The maximum absolute atomic E-state index is 13.0. The number of carbonyl (C=O) groups is 2. The molecule has 0 spiro atoms. The second-order valence-electron chi connectivity index (χ2n) is 7.32. The first-order valence-electron chi connectivity index (χ1n) is 9.83. The van der Waals surface area contributed by atoms with E-state index in [4.69, 9.17) is 14.2 Å². The number of nitrogens with zero attached hydrogens (tertiary/aromatic N) is 4. The van der Waals surface area contributed by atoms with Crippen LogP contribution < -0.4 is 19.1 Å². The Labute approximate surface area is 174 Å². The van der Waals surface area contributed by atoms with Gasteiger partial charge in [0.05, 0.1) is 39.1 Å². The zero-order valence-electron chi connectivity index (χ0n) is 17.0. The van der Waals surface area contributed by atoms with Crippen molar-refractivity contribution in [3.8, 4) is 17.5 Å². The number of amides is 2. The summed E-state index contributed by atoms with van der Waals surface area (Å²) >= 11 is 0. The van der Waals surface area contributed by atoms with Crippen molar-refractivity contribution < 1.29 is 23.8 Å². The van der Waals surface area contributed by atoms with Gasteiger partial charge in [-0.05, 0) is 24.3 Å². The number of carbonyl (C=O) groups excluding carboxylic acids is 2. The van der Waals surface area contributed by atoms with Crippen LogP contribution in [-0.2, 0) is 9.59 Å². The monoisotopic (exact) mass is 412 g/mol. The molecule has 158 valence electrons. The van der Waals surface area contributed by atoms with E-state index in [1.54, 1.807) is 16.9 Å². The lowest BCUT2D eigenvalue weighted by Gasteiger charge is -2.21. The number of ether oxygens (including phenoxy) is 3. The maximum atomic E-state index is 13.0. The van der Waals surface area contributed by atoms with Crippen LogP contribution in [0.2, 0.25) is 0 Å². The highest BCUT2D eigenvalue weighted by Gasteiger charge is 2.39. The van der Waals surface area contributed by atoms with Crippen molar-refractivity contribution in [2.75, 3.05) is 38.8 Å². The van der Waals surface area contributed by atoms with Crippen LogP contribution >= 0.6 is 0 Å². The van der Waals surface area contributed by atoms with E-state index in [2.05, 4.69) is 9.97 Å². The number of anilines is 1. The van der Waals surface area contributed by atoms with Gasteiger partial charge in [0.1, 0.15) is 11.9 Å². The molecule has 3 heterocycles. The molecular weight excluding hydrogens is 388 g/mol. The van der Waals surface area contributed by atoms with Crippen LogP contribution in [0.1, 0.15) is 12.8 Å². The summed E-state index contributed by atoms with van der Waals surface area (Å²) in [5.41, 5.74) is 0.773. The minimum absolute atomic E-state index is 0.0119. The Morgan fingerprint density at radius 1 is 1.07 bits per heavy atom. The smallest absolute Gasteiger partial charge is 0.235 e.